The van der Waals surface area contributed by atoms with E-state index in [0.29, 0.717) is 12.1 Å². The molecule has 2 heterocycles. The maximum atomic E-state index is 4.67. The lowest BCUT2D eigenvalue weighted by Gasteiger charge is -2.41. The van der Waals surface area contributed by atoms with Crippen LogP contribution in [0.15, 0.2) is 6.20 Å². The predicted molar refractivity (Wildman–Crippen MR) is 84.0 cm³/mol. The van der Waals surface area contributed by atoms with E-state index < -0.39 is 0 Å². The summed E-state index contributed by atoms with van der Waals surface area (Å²) >= 11 is 1.85. The van der Waals surface area contributed by atoms with Crippen molar-refractivity contribution in [3.05, 3.63) is 11.1 Å². The Hall–Kier alpha value is -0.610. The molecule has 0 aromatic carbocycles. The number of anilines is 1. The Morgan fingerprint density at radius 2 is 2.21 bits per heavy atom. The van der Waals surface area contributed by atoms with Crippen molar-refractivity contribution in [2.45, 2.75) is 53.1 Å². The summed E-state index contributed by atoms with van der Waals surface area (Å²) in [5.74, 6) is 1.52. The molecule has 1 N–H and O–H groups in total. The lowest BCUT2D eigenvalue weighted by Crippen LogP contribution is -2.45. The molecule has 0 amide bonds. The maximum Gasteiger partial charge on any atom is 0.185 e. The van der Waals surface area contributed by atoms with E-state index in [1.165, 1.54) is 16.4 Å². The molecule has 0 radical (unpaired) electrons. The molecule has 0 aliphatic carbocycles. The van der Waals surface area contributed by atoms with Crippen LogP contribution >= 0.6 is 11.3 Å². The van der Waals surface area contributed by atoms with Gasteiger partial charge in [-0.25, -0.2) is 4.98 Å². The highest BCUT2D eigenvalue weighted by Crippen LogP contribution is 2.34. The van der Waals surface area contributed by atoms with Gasteiger partial charge in [-0.1, -0.05) is 20.8 Å². The van der Waals surface area contributed by atoms with Crippen molar-refractivity contribution in [2.75, 3.05) is 18.0 Å². The smallest absolute Gasteiger partial charge is 0.185 e. The zero-order chi connectivity index (χ0) is 14.0. The third kappa shape index (κ3) is 3.29. The van der Waals surface area contributed by atoms with Gasteiger partial charge in [0.15, 0.2) is 5.13 Å². The second-order valence-electron chi connectivity index (χ2n) is 6.04. The van der Waals surface area contributed by atoms with E-state index in [1.54, 1.807) is 0 Å². The molecule has 0 saturated carbocycles. The third-order valence-corrected chi connectivity index (χ3v) is 5.51. The Balaban J connectivity index is 2.12. The number of rotatable bonds is 4. The van der Waals surface area contributed by atoms with Gasteiger partial charge in [0.1, 0.15) is 0 Å². The van der Waals surface area contributed by atoms with Crippen molar-refractivity contribution in [3.8, 4) is 0 Å². The standard InChI is InChI=1S/C15H27N3S/c1-6-16-12(4)14-8-17-15(19-14)18-9-10(2)7-11(3)13(18)5/h8,10-13,16H,6-7,9H2,1-5H3. The lowest BCUT2D eigenvalue weighted by atomic mass is 9.86. The van der Waals surface area contributed by atoms with Crippen molar-refractivity contribution in [3.63, 3.8) is 0 Å². The van der Waals surface area contributed by atoms with Crippen molar-refractivity contribution in [1.29, 1.82) is 0 Å². The Morgan fingerprint density at radius 3 is 2.89 bits per heavy atom. The van der Waals surface area contributed by atoms with Crippen molar-refractivity contribution < 1.29 is 0 Å². The fraction of sp³-hybridized carbons (Fsp3) is 0.800. The molecule has 19 heavy (non-hydrogen) atoms. The van der Waals surface area contributed by atoms with Gasteiger partial charge in [0.2, 0.25) is 0 Å². The van der Waals surface area contributed by atoms with Crippen molar-refractivity contribution in [1.82, 2.24) is 10.3 Å². The molecule has 1 aliphatic heterocycles. The summed E-state index contributed by atoms with van der Waals surface area (Å²) < 4.78 is 0. The molecular weight excluding hydrogens is 254 g/mol. The third-order valence-electron chi connectivity index (χ3n) is 4.29. The van der Waals surface area contributed by atoms with Gasteiger partial charge in [-0.3, -0.25) is 0 Å². The molecule has 108 valence electrons. The van der Waals surface area contributed by atoms with Crippen LogP contribution in [0.5, 0.6) is 0 Å². The van der Waals surface area contributed by atoms with Gasteiger partial charge in [0, 0.05) is 29.7 Å². The maximum absolute atomic E-state index is 4.67. The second kappa shape index (κ2) is 6.23. The van der Waals surface area contributed by atoms with Crippen LogP contribution in [-0.4, -0.2) is 24.1 Å². The summed E-state index contributed by atoms with van der Waals surface area (Å²) in [7, 11) is 0. The Labute approximate surface area is 121 Å². The SMILES string of the molecule is CCNC(C)c1cnc(N2CC(C)CC(C)C2C)s1. The zero-order valence-corrected chi connectivity index (χ0v) is 13.6. The van der Waals surface area contributed by atoms with E-state index in [4.69, 9.17) is 0 Å². The molecule has 1 fully saturated rings. The minimum Gasteiger partial charge on any atom is -0.345 e. The molecular formula is C15H27N3S. The summed E-state index contributed by atoms with van der Waals surface area (Å²) in [6.45, 7) is 13.6. The number of hydrogen-bond acceptors (Lipinski definition) is 4. The Morgan fingerprint density at radius 1 is 1.47 bits per heavy atom. The van der Waals surface area contributed by atoms with E-state index in [-0.39, 0.29) is 0 Å². The molecule has 1 aliphatic rings. The highest BCUT2D eigenvalue weighted by molar-refractivity contribution is 7.15. The normalized spacial score (nSPS) is 29.5. The number of thiazole rings is 1. The summed E-state index contributed by atoms with van der Waals surface area (Å²) in [6, 6.07) is 1.01. The van der Waals surface area contributed by atoms with Gasteiger partial charge >= 0.3 is 0 Å². The van der Waals surface area contributed by atoms with Crippen LogP contribution in [0.2, 0.25) is 0 Å². The van der Waals surface area contributed by atoms with Crippen LogP contribution in [0.3, 0.4) is 0 Å². The van der Waals surface area contributed by atoms with E-state index in [2.05, 4.69) is 49.8 Å². The quantitative estimate of drug-likeness (QED) is 0.912. The van der Waals surface area contributed by atoms with Crippen LogP contribution in [0.25, 0.3) is 0 Å². The first-order valence-corrected chi connectivity index (χ1v) is 8.30. The first-order chi connectivity index (χ1) is 9.02. The molecule has 0 bridgehead atoms. The van der Waals surface area contributed by atoms with Crippen molar-refractivity contribution in [2.24, 2.45) is 11.8 Å². The topological polar surface area (TPSA) is 28.2 Å². The number of nitrogens with one attached hydrogen (secondary N) is 1. The lowest BCUT2D eigenvalue weighted by molar-refractivity contribution is 0.297. The van der Waals surface area contributed by atoms with Crippen LogP contribution < -0.4 is 10.2 Å². The van der Waals surface area contributed by atoms with Gasteiger partial charge in [0.25, 0.3) is 0 Å². The molecule has 1 saturated heterocycles. The molecule has 4 unspecified atom stereocenters. The largest absolute Gasteiger partial charge is 0.345 e. The highest BCUT2D eigenvalue weighted by Gasteiger charge is 2.30. The van der Waals surface area contributed by atoms with Gasteiger partial charge < -0.3 is 10.2 Å². The molecule has 0 spiro atoms. The minimum atomic E-state index is 0.409. The van der Waals surface area contributed by atoms with Crippen molar-refractivity contribution >= 4 is 16.5 Å². The Kier molecular flexibility index (Phi) is 4.85. The molecule has 1 aromatic rings. The van der Waals surface area contributed by atoms with E-state index >= 15 is 0 Å². The summed E-state index contributed by atoms with van der Waals surface area (Å²) in [4.78, 5) is 8.52. The highest BCUT2D eigenvalue weighted by atomic mass is 32.1. The van der Waals surface area contributed by atoms with Gasteiger partial charge in [-0.2, -0.15) is 0 Å². The molecule has 4 atom stereocenters. The molecule has 1 aromatic heterocycles. The van der Waals surface area contributed by atoms with Crippen LogP contribution in [-0.2, 0) is 0 Å². The number of nitrogens with zero attached hydrogens (tertiary/aromatic N) is 2. The minimum absolute atomic E-state index is 0.409. The fourth-order valence-corrected chi connectivity index (χ4v) is 4.02. The zero-order valence-electron chi connectivity index (χ0n) is 12.8. The molecule has 2 rings (SSSR count). The molecule has 4 heteroatoms. The number of piperidine rings is 1. The summed E-state index contributed by atoms with van der Waals surface area (Å²) in [5.41, 5.74) is 0. The Bertz CT molecular complexity index is 404. The monoisotopic (exact) mass is 281 g/mol. The van der Waals surface area contributed by atoms with E-state index in [9.17, 15) is 0 Å². The second-order valence-corrected chi connectivity index (χ2v) is 7.08. The van der Waals surface area contributed by atoms with E-state index in [1.807, 2.05) is 17.5 Å². The fourth-order valence-electron chi connectivity index (χ4n) is 2.98. The number of hydrogen-bond donors (Lipinski definition) is 1. The number of aromatic nitrogens is 1. The van der Waals surface area contributed by atoms with Crippen LogP contribution in [0.1, 0.15) is 52.0 Å². The van der Waals surface area contributed by atoms with E-state index in [0.717, 1.165) is 24.9 Å². The van der Waals surface area contributed by atoms with Crippen LogP contribution in [0, 0.1) is 11.8 Å². The average molecular weight is 281 g/mol. The summed E-state index contributed by atoms with van der Waals surface area (Å²) in [6.07, 6.45) is 3.38. The molecule has 3 nitrogen and oxygen atoms in total. The van der Waals surface area contributed by atoms with Crippen LogP contribution in [0.4, 0.5) is 5.13 Å². The predicted octanol–water partition coefficient (Wildman–Crippen LogP) is 3.68. The first kappa shape index (κ1) is 14.8. The summed E-state index contributed by atoms with van der Waals surface area (Å²) in [5, 5.41) is 4.66. The van der Waals surface area contributed by atoms with Gasteiger partial charge in [-0.15, -0.1) is 11.3 Å². The van der Waals surface area contributed by atoms with Gasteiger partial charge in [0.05, 0.1) is 0 Å². The van der Waals surface area contributed by atoms with Gasteiger partial charge in [-0.05, 0) is 38.6 Å². The average Bonchev–Trinajstić information content (AvgIpc) is 2.83. The first-order valence-electron chi connectivity index (χ1n) is 7.48.